The van der Waals surface area contributed by atoms with E-state index in [9.17, 15) is 0 Å². The van der Waals surface area contributed by atoms with Crippen molar-refractivity contribution in [2.24, 2.45) is 5.84 Å². The summed E-state index contributed by atoms with van der Waals surface area (Å²) in [6, 6.07) is 4.19. The highest BCUT2D eigenvalue weighted by atomic mass is 32.1. The first-order chi connectivity index (χ1) is 8.74. The molecule has 0 saturated heterocycles. The van der Waals surface area contributed by atoms with Crippen molar-refractivity contribution >= 4 is 23.1 Å². The van der Waals surface area contributed by atoms with Gasteiger partial charge in [0.15, 0.2) is 0 Å². The fourth-order valence-corrected chi connectivity index (χ4v) is 2.47. The molecule has 0 unspecified atom stereocenters. The second-order valence-electron chi connectivity index (χ2n) is 3.94. The minimum atomic E-state index is 0.445. The topological polar surface area (TPSA) is 67.1 Å². The molecule has 2 heterocycles. The molecular weight excluding hydrogens is 246 g/mol. The minimum absolute atomic E-state index is 0.445. The van der Waals surface area contributed by atoms with Crippen LogP contribution in [0.5, 0.6) is 0 Å². The minimum Gasteiger partial charge on any atom is -0.351 e. The van der Waals surface area contributed by atoms with E-state index in [0.29, 0.717) is 5.95 Å². The molecule has 2 rings (SSSR count). The molecule has 2 aromatic rings. The SMILES string of the molecule is CCN(Cc1cccs1)c1nc(NN)ncc1C. The Morgan fingerprint density at radius 1 is 1.50 bits per heavy atom. The van der Waals surface area contributed by atoms with E-state index in [1.807, 2.05) is 6.92 Å². The third kappa shape index (κ3) is 2.77. The summed E-state index contributed by atoms with van der Waals surface area (Å²) in [6.07, 6.45) is 1.79. The number of nitrogen functional groups attached to an aromatic ring is 1. The van der Waals surface area contributed by atoms with E-state index < -0.39 is 0 Å². The van der Waals surface area contributed by atoms with Gasteiger partial charge in [-0.15, -0.1) is 11.3 Å². The van der Waals surface area contributed by atoms with Crippen LogP contribution in [0.25, 0.3) is 0 Å². The molecule has 0 fully saturated rings. The fraction of sp³-hybridized carbons (Fsp3) is 0.333. The van der Waals surface area contributed by atoms with Crippen molar-refractivity contribution in [2.45, 2.75) is 20.4 Å². The number of nitrogens with two attached hydrogens (primary N) is 1. The van der Waals surface area contributed by atoms with E-state index in [-0.39, 0.29) is 0 Å². The molecule has 5 nitrogen and oxygen atoms in total. The number of aryl methyl sites for hydroxylation is 1. The lowest BCUT2D eigenvalue weighted by atomic mass is 10.3. The molecule has 18 heavy (non-hydrogen) atoms. The van der Waals surface area contributed by atoms with Crippen molar-refractivity contribution in [3.05, 3.63) is 34.2 Å². The number of rotatable bonds is 5. The largest absolute Gasteiger partial charge is 0.351 e. The predicted molar refractivity (Wildman–Crippen MR) is 75.6 cm³/mol. The second-order valence-corrected chi connectivity index (χ2v) is 4.97. The molecule has 96 valence electrons. The van der Waals surface area contributed by atoms with Gasteiger partial charge >= 0.3 is 0 Å². The van der Waals surface area contributed by atoms with Gasteiger partial charge in [0.1, 0.15) is 5.82 Å². The Hall–Kier alpha value is -1.66. The maximum atomic E-state index is 5.35. The van der Waals surface area contributed by atoms with Gasteiger partial charge in [0.2, 0.25) is 5.95 Å². The normalized spacial score (nSPS) is 10.4. The first-order valence-electron chi connectivity index (χ1n) is 5.82. The summed E-state index contributed by atoms with van der Waals surface area (Å²) in [5, 5.41) is 2.09. The van der Waals surface area contributed by atoms with Crippen molar-refractivity contribution in [3.63, 3.8) is 0 Å². The van der Waals surface area contributed by atoms with Crippen LogP contribution in [-0.2, 0) is 6.54 Å². The van der Waals surface area contributed by atoms with Crippen molar-refractivity contribution in [3.8, 4) is 0 Å². The average Bonchev–Trinajstić information content (AvgIpc) is 2.90. The van der Waals surface area contributed by atoms with Crippen LogP contribution in [0.3, 0.4) is 0 Å². The van der Waals surface area contributed by atoms with Gasteiger partial charge in [0, 0.05) is 23.2 Å². The molecule has 0 atom stereocenters. The number of hydrogen-bond donors (Lipinski definition) is 2. The molecule has 0 aliphatic rings. The Morgan fingerprint density at radius 3 is 2.94 bits per heavy atom. The highest BCUT2D eigenvalue weighted by Gasteiger charge is 2.11. The quantitative estimate of drug-likeness (QED) is 0.639. The van der Waals surface area contributed by atoms with E-state index in [2.05, 4.69) is 44.7 Å². The molecule has 0 saturated carbocycles. The molecule has 0 aromatic carbocycles. The molecule has 0 aliphatic heterocycles. The Morgan fingerprint density at radius 2 is 2.33 bits per heavy atom. The molecule has 0 amide bonds. The lowest BCUT2D eigenvalue weighted by Gasteiger charge is -2.23. The maximum Gasteiger partial charge on any atom is 0.239 e. The standard InChI is InChI=1S/C12H17N5S/c1-3-17(8-10-5-4-6-18-10)11-9(2)7-14-12(15-11)16-13/h4-7H,3,8,13H2,1-2H3,(H,14,15,16). The van der Waals surface area contributed by atoms with Crippen LogP contribution in [-0.4, -0.2) is 16.5 Å². The van der Waals surface area contributed by atoms with Crippen molar-refractivity contribution < 1.29 is 0 Å². The van der Waals surface area contributed by atoms with Crippen LogP contribution in [0.4, 0.5) is 11.8 Å². The monoisotopic (exact) mass is 263 g/mol. The molecule has 0 bridgehead atoms. The summed E-state index contributed by atoms with van der Waals surface area (Å²) in [7, 11) is 0. The molecule has 0 radical (unpaired) electrons. The van der Waals surface area contributed by atoms with Crippen LogP contribution < -0.4 is 16.2 Å². The third-order valence-corrected chi connectivity index (χ3v) is 3.54. The van der Waals surface area contributed by atoms with Crippen molar-refractivity contribution in [2.75, 3.05) is 16.9 Å². The lowest BCUT2D eigenvalue weighted by molar-refractivity contribution is 0.813. The van der Waals surface area contributed by atoms with E-state index in [1.54, 1.807) is 17.5 Å². The molecule has 0 spiro atoms. The first kappa shape index (κ1) is 12.8. The Balaban J connectivity index is 2.26. The number of thiophene rings is 1. The van der Waals surface area contributed by atoms with Gasteiger partial charge < -0.3 is 4.90 Å². The van der Waals surface area contributed by atoms with E-state index >= 15 is 0 Å². The summed E-state index contributed by atoms with van der Waals surface area (Å²) in [4.78, 5) is 12.1. The highest BCUT2D eigenvalue weighted by molar-refractivity contribution is 7.09. The summed E-state index contributed by atoms with van der Waals surface area (Å²) in [5.74, 6) is 6.72. The van der Waals surface area contributed by atoms with Gasteiger partial charge in [-0.05, 0) is 25.3 Å². The van der Waals surface area contributed by atoms with Crippen molar-refractivity contribution in [1.29, 1.82) is 0 Å². The summed E-state index contributed by atoms with van der Waals surface area (Å²) < 4.78 is 0. The summed E-state index contributed by atoms with van der Waals surface area (Å²) >= 11 is 1.75. The van der Waals surface area contributed by atoms with E-state index in [1.165, 1.54) is 4.88 Å². The third-order valence-electron chi connectivity index (χ3n) is 2.68. The number of anilines is 2. The summed E-state index contributed by atoms with van der Waals surface area (Å²) in [5.41, 5.74) is 3.53. The van der Waals surface area contributed by atoms with Crippen molar-refractivity contribution in [1.82, 2.24) is 9.97 Å². The zero-order valence-electron chi connectivity index (χ0n) is 10.6. The smallest absolute Gasteiger partial charge is 0.239 e. The summed E-state index contributed by atoms with van der Waals surface area (Å²) in [6.45, 7) is 5.87. The zero-order valence-corrected chi connectivity index (χ0v) is 11.4. The molecular formula is C12H17N5S. The highest BCUT2D eigenvalue weighted by Crippen LogP contribution is 2.21. The van der Waals surface area contributed by atoms with Crippen LogP contribution in [0.1, 0.15) is 17.4 Å². The molecule has 3 N–H and O–H groups in total. The van der Waals surface area contributed by atoms with Gasteiger partial charge in [0.05, 0.1) is 6.54 Å². The fourth-order valence-electron chi connectivity index (χ4n) is 1.75. The number of aromatic nitrogens is 2. The van der Waals surface area contributed by atoms with Gasteiger partial charge in [-0.2, -0.15) is 4.98 Å². The van der Waals surface area contributed by atoms with E-state index in [4.69, 9.17) is 5.84 Å². The number of hydrogen-bond acceptors (Lipinski definition) is 6. The maximum absolute atomic E-state index is 5.35. The molecule has 0 aliphatic carbocycles. The first-order valence-corrected chi connectivity index (χ1v) is 6.70. The number of hydrazine groups is 1. The number of nitrogens with zero attached hydrogens (tertiary/aromatic N) is 3. The van der Waals surface area contributed by atoms with Crippen LogP contribution >= 0.6 is 11.3 Å². The van der Waals surface area contributed by atoms with Gasteiger partial charge in [-0.3, -0.25) is 5.43 Å². The van der Waals surface area contributed by atoms with Gasteiger partial charge in [0.25, 0.3) is 0 Å². The number of nitrogens with one attached hydrogen (secondary N) is 1. The molecule has 2 aromatic heterocycles. The van der Waals surface area contributed by atoms with Gasteiger partial charge in [-0.1, -0.05) is 6.07 Å². The van der Waals surface area contributed by atoms with Crippen LogP contribution in [0, 0.1) is 6.92 Å². The Labute approximate surface area is 111 Å². The van der Waals surface area contributed by atoms with Crippen LogP contribution in [0.15, 0.2) is 23.7 Å². The Bertz CT molecular complexity index is 497. The zero-order chi connectivity index (χ0) is 13.0. The predicted octanol–water partition coefficient (Wildman–Crippen LogP) is 2.16. The van der Waals surface area contributed by atoms with Gasteiger partial charge in [-0.25, -0.2) is 10.8 Å². The average molecular weight is 263 g/mol. The van der Waals surface area contributed by atoms with E-state index in [0.717, 1.165) is 24.5 Å². The second kappa shape index (κ2) is 5.79. The van der Waals surface area contributed by atoms with Crippen LogP contribution in [0.2, 0.25) is 0 Å². The Kier molecular flexibility index (Phi) is 4.11. The molecule has 6 heteroatoms. The lowest BCUT2D eigenvalue weighted by Crippen LogP contribution is -2.24.